The van der Waals surface area contributed by atoms with E-state index >= 15 is 0 Å². The molecule has 4 heteroatoms. The van der Waals surface area contributed by atoms with Gasteiger partial charge in [-0.1, -0.05) is 18.2 Å². The Labute approximate surface area is 119 Å². The number of fused-ring (bicyclic) bond motifs is 1. The Morgan fingerprint density at radius 1 is 1.25 bits per heavy atom. The zero-order chi connectivity index (χ0) is 13.8. The van der Waals surface area contributed by atoms with E-state index in [1.165, 1.54) is 11.1 Å². The first-order valence-corrected chi connectivity index (χ1v) is 6.99. The Hall–Kier alpha value is -1.78. The van der Waals surface area contributed by atoms with Crippen LogP contribution in [0.4, 0.5) is 0 Å². The zero-order valence-electron chi connectivity index (χ0n) is 11.8. The number of furan rings is 1. The number of hydrogen-bond acceptors (Lipinski definition) is 4. The quantitative estimate of drug-likeness (QED) is 0.927. The van der Waals surface area contributed by atoms with E-state index in [0.717, 1.165) is 44.3 Å². The molecule has 0 saturated carbocycles. The molecule has 2 heterocycles. The maximum absolute atomic E-state index is 5.79. The van der Waals surface area contributed by atoms with Gasteiger partial charge in [-0.2, -0.15) is 0 Å². The zero-order valence-corrected chi connectivity index (χ0v) is 11.8. The predicted octanol–water partition coefficient (Wildman–Crippen LogP) is 2.39. The molecule has 3 rings (SSSR count). The van der Waals surface area contributed by atoms with Crippen LogP contribution >= 0.6 is 0 Å². The third-order valence-corrected chi connectivity index (χ3v) is 3.60. The average molecular weight is 272 g/mol. The number of nitrogens with one attached hydrogen (secondary N) is 1. The summed E-state index contributed by atoms with van der Waals surface area (Å²) in [7, 11) is 1.95. The fourth-order valence-electron chi connectivity index (χ4n) is 2.57. The van der Waals surface area contributed by atoms with Crippen molar-refractivity contribution < 1.29 is 9.15 Å². The molecule has 0 aliphatic carbocycles. The van der Waals surface area contributed by atoms with E-state index in [-0.39, 0.29) is 0 Å². The summed E-state index contributed by atoms with van der Waals surface area (Å²) in [6.45, 7) is 4.19. The van der Waals surface area contributed by atoms with Gasteiger partial charge in [0.05, 0.1) is 12.8 Å². The molecular formula is C16H20N2O2. The van der Waals surface area contributed by atoms with Crippen LogP contribution in [0, 0.1) is 0 Å². The summed E-state index contributed by atoms with van der Waals surface area (Å²) in [6, 6.07) is 10.3. The Bertz CT molecular complexity index is 565. The molecule has 0 unspecified atom stereocenters. The minimum atomic E-state index is 0.721. The summed E-state index contributed by atoms with van der Waals surface area (Å²) in [4.78, 5) is 2.36. The highest BCUT2D eigenvalue weighted by Gasteiger charge is 2.17. The lowest BCUT2D eigenvalue weighted by Crippen LogP contribution is -2.25. The second-order valence-electron chi connectivity index (χ2n) is 5.07. The van der Waals surface area contributed by atoms with Gasteiger partial charge in [0.15, 0.2) is 0 Å². The molecule has 2 aromatic rings. The van der Waals surface area contributed by atoms with Gasteiger partial charge in [-0.15, -0.1) is 0 Å². The predicted molar refractivity (Wildman–Crippen MR) is 77.5 cm³/mol. The van der Waals surface area contributed by atoms with Crippen LogP contribution in [0.3, 0.4) is 0 Å². The Morgan fingerprint density at radius 2 is 2.15 bits per heavy atom. The summed E-state index contributed by atoms with van der Waals surface area (Å²) in [5.41, 5.74) is 2.47. The smallest absolute Gasteiger partial charge is 0.123 e. The highest BCUT2D eigenvalue weighted by molar-refractivity contribution is 5.33. The average Bonchev–Trinajstić information content (AvgIpc) is 2.78. The topological polar surface area (TPSA) is 37.6 Å². The lowest BCUT2D eigenvalue weighted by molar-refractivity contribution is 0.206. The van der Waals surface area contributed by atoms with Crippen LogP contribution in [-0.2, 0) is 19.6 Å². The summed E-state index contributed by atoms with van der Waals surface area (Å²) in [5, 5.41) is 3.17. The molecule has 1 aliphatic heterocycles. The second kappa shape index (κ2) is 6.11. The minimum absolute atomic E-state index is 0.721. The molecule has 1 aromatic carbocycles. The molecule has 0 radical (unpaired) electrons. The lowest BCUT2D eigenvalue weighted by atomic mass is 10.2. The van der Waals surface area contributed by atoms with E-state index in [4.69, 9.17) is 9.15 Å². The summed E-state index contributed by atoms with van der Waals surface area (Å²) in [5.74, 6) is 2.05. The molecule has 0 amide bonds. The second-order valence-corrected chi connectivity index (χ2v) is 5.07. The number of benzene rings is 1. The molecular weight excluding hydrogens is 252 g/mol. The van der Waals surface area contributed by atoms with Gasteiger partial charge in [-0.05, 0) is 19.2 Å². The lowest BCUT2D eigenvalue weighted by Gasteiger charge is -2.18. The van der Waals surface area contributed by atoms with E-state index in [9.17, 15) is 0 Å². The van der Waals surface area contributed by atoms with Crippen LogP contribution in [0.25, 0.3) is 0 Å². The van der Waals surface area contributed by atoms with Gasteiger partial charge < -0.3 is 14.5 Å². The maximum atomic E-state index is 5.79. The van der Waals surface area contributed by atoms with Crippen molar-refractivity contribution in [1.29, 1.82) is 0 Å². The van der Waals surface area contributed by atoms with Crippen molar-refractivity contribution in [2.24, 2.45) is 0 Å². The van der Waals surface area contributed by atoms with Crippen LogP contribution in [-0.4, -0.2) is 25.1 Å². The van der Waals surface area contributed by atoms with E-state index in [2.05, 4.69) is 22.3 Å². The highest BCUT2D eigenvalue weighted by Crippen LogP contribution is 2.24. The van der Waals surface area contributed by atoms with Gasteiger partial charge in [-0.3, -0.25) is 4.90 Å². The van der Waals surface area contributed by atoms with Crippen molar-refractivity contribution in [3.8, 4) is 5.75 Å². The Morgan fingerprint density at radius 3 is 3.05 bits per heavy atom. The standard InChI is InChI=1S/C16H20N2O2/c1-17-10-13-6-8-19-16(13)12-18-7-9-20-15-5-3-2-4-14(15)11-18/h2-6,8,17H,7,9-12H2,1H3. The summed E-state index contributed by atoms with van der Waals surface area (Å²) >= 11 is 0. The van der Waals surface area contributed by atoms with Crippen LogP contribution in [0.1, 0.15) is 16.9 Å². The molecule has 106 valence electrons. The molecule has 1 aromatic heterocycles. The molecule has 0 fully saturated rings. The minimum Gasteiger partial charge on any atom is -0.492 e. The first-order chi connectivity index (χ1) is 9.86. The molecule has 0 atom stereocenters. The van der Waals surface area contributed by atoms with Crippen molar-refractivity contribution in [3.63, 3.8) is 0 Å². The van der Waals surface area contributed by atoms with Gasteiger partial charge >= 0.3 is 0 Å². The van der Waals surface area contributed by atoms with E-state index in [0.29, 0.717) is 0 Å². The van der Waals surface area contributed by atoms with Gasteiger partial charge in [0.2, 0.25) is 0 Å². The van der Waals surface area contributed by atoms with Gasteiger partial charge in [0.1, 0.15) is 18.1 Å². The normalized spacial score (nSPS) is 15.4. The number of rotatable bonds is 4. The third-order valence-electron chi connectivity index (χ3n) is 3.60. The summed E-state index contributed by atoms with van der Waals surface area (Å²) < 4.78 is 11.4. The van der Waals surface area contributed by atoms with Crippen LogP contribution in [0.2, 0.25) is 0 Å². The molecule has 1 N–H and O–H groups in total. The van der Waals surface area contributed by atoms with Crippen molar-refractivity contribution in [1.82, 2.24) is 10.2 Å². The van der Waals surface area contributed by atoms with Gasteiger partial charge in [-0.25, -0.2) is 0 Å². The van der Waals surface area contributed by atoms with E-state index in [1.807, 2.05) is 25.2 Å². The van der Waals surface area contributed by atoms with E-state index < -0.39 is 0 Å². The van der Waals surface area contributed by atoms with Crippen LogP contribution < -0.4 is 10.1 Å². The monoisotopic (exact) mass is 272 g/mol. The van der Waals surface area contributed by atoms with Gasteiger partial charge in [0.25, 0.3) is 0 Å². The highest BCUT2D eigenvalue weighted by atomic mass is 16.5. The van der Waals surface area contributed by atoms with Crippen LogP contribution in [0.5, 0.6) is 5.75 Å². The van der Waals surface area contributed by atoms with Crippen molar-refractivity contribution >= 4 is 0 Å². The number of hydrogen-bond donors (Lipinski definition) is 1. The molecule has 0 spiro atoms. The third kappa shape index (κ3) is 2.86. The SMILES string of the molecule is CNCc1ccoc1CN1CCOc2ccccc2C1. The van der Waals surface area contributed by atoms with Crippen molar-refractivity contribution in [3.05, 3.63) is 53.5 Å². The number of ether oxygens (including phenoxy) is 1. The molecule has 20 heavy (non-hydrogen) atoms. The first kappa shape index (κ1) is 13.2. The Kier molecular flexibility index (Phi) is 4.04. The van der Waals surface area contributed by atoms with Crippen molar-refractivity contribution in [2.45, 2.75) is 19.6 Å². The number of para-hydroxylation sites is 1. The van der Waals surface area contributed by atoms with Gasteiger partial charge in [0, 0.05) is 30.8 Å². The summed E-state index contributed by atoms with van der Waals surface area (Å²) in [6.07, 6.45) is 1.77. The first-order valence-electron chi connectivity index (χ1n) is 6.99. The van der Waals surface area contributed by atoms with Crippen LogP contribution in [0.15, 0.2) is 41.0 Å². The van der Waals surface area contributed by atoms with Crippen molar-refractivity contribution in [2.75, 3.05) is 20.2 Å². The largest absolute Gasteiger partial charge is 0.492 e. The fraction of sp³-hybridized carbons (Fsp3) is 0.375. The maximum Gasteiger partial charge on any atom is 0.123 e. The molecule has 4 nitrogen and oxygen atoms in total. The fourth-order valence-corrected chi connectivity index (χ4v) is 2.57. The number of nitrogens with zero attached hydrogens (tertiary/aromatic N) is 1. The molecule has 0 saturated heterocycles. The van der Waals surface area contributed by atoms with E-state index in [1.54, 1.807) is 6.26 Å². The molecule has 1 aliphatic rings. The molecule has 0 bridgehead atoms. The Balaban J connectivity index is 1.73.